The number of halogens is 1. The van der Waals surface area contributed by atoms with E-state index in [0.29, 0.717) is 39.1 Å². The van der Waals surface area contributed by atoms with Gasteiger partial charge < -0.3 is 19.6 Å². The maximum atomic E-state index is 12.6. The van der Waals surface area contributed by atoms with Crippen molar-refractivity contribution in [1.82, 2.24) is 0 Å². The molecule has 0 saturated carbocycles. The van der Waals surface area contributed by atoms with Crippen molar-refractivity contribution < 1.29 is 19.1 Å². The van der Waals surface area contributed by atoms with E-state index in [2.05, 4.69) is 5.32 Å². The first-order valence-electron chi connectivity index (χ1n) is 9.07. The molecule has 0 bridgehead atoms. The molecule has 5 nitrogen and oxygen atoms in total. The highest BCUT2D eigenvalue weighted by Crippen LogP contribution is 2.32. The molecule has 28 heavy (non-hydrogen) atoms. The maximum Gasteiger partial charge on any atom is 0.255 e. The van der Waals surface area contributed by atoms with Gasteiger partial charge in [-0.25, -0.2) is 0 Å². The number of benzene rings is 2. The molecule has 0 radical (unpaired) electrons. The van der Waals surface area contributed by atoms with Gasteiger partial charge in [0.05, 0.1) is 11.1 Å². The van der Waals surface area contributed by atoms with Gasteiger partial charge in [0.2, 0.25) is 0 Å². The third-order valence-corrected chi connectivity index (χ3v) is 4.65. The monoisotopic (exact) mass is 399 g/mol. The predicted molar refractivity (Wildman–Crippen MR) is 110 cm³/mol. The SMILES string of the molecule is CC[C@H](C)Oc1cccc(C(=O)Nc2ccc(Cl)c(-c3ccc(CO)o3)c2)c1. The number of nitrogens with one attached hydrogen (secondary N) is 1. The molecule has 0 unspecified atom stereocenters. The second-order valence-corrected chi connectivity index (χ2v) is 6.84. The van der Waals surface area contributed by atoms with Crippen LogP contribution in [0.2, 0.25) is 5.02 Å². The highest BCUT2D eigenvalue weighted by molar-refractivity contribution is 6.33. The summed E-state index contributed by atoms with van der Waals surface area (Å²) < 4.78 is 11.3. The van der Waals surface area contributed by atoms with E-state index in [1.165, 1.54) is 0 Å². The molecule has 2 aromatic carbocycles. The number of amides is 1. The summed E-state index contributed by atoms with van der Waals surface area (Å²) in [6.45, 7) is 3.84. The van der Waals surface area contributed by atoms with E-state index < -0.39 is 0 Å². The van der Waals surface area contributed by atoms with E-state index in [-0.39, 0.29) is 18.6 Å². The molecule has 1 aromatic heterocycles. The van der Waals surface area contributed by atoms with Crippen molar-refractivity contribution in [1.29, 1.82) is 0 Å². The van der Waals surface area contributed by atoms with Crippen molar-refractivity contribution in [2.45, 2.75) is 33.0 Å². The molecule has 6 heteroatoms. The van der Waals surface area contributed by atoms with Crippen molar-refractivity contribution >= 4 is 23.2 Å². The quantitative estimate of drug-likeness (QED) is 0.548. The number of furan rings is 1. The number of hydrogen-bond acceptors (Lipinski definition) is 4. The van der Waals surface area contributed by atoms with E-state index in [1.807, 2.05) is 19.9 Å². The average Bonchev–Trinajstić information content (AvgIpc) is 3.18. The minimum atomic E-state index is -0.252. The Hall–Kier alpha value is -2.76. The Bertz CT molecular complexity index is 967. The predicted octanol–water partition coefficient (Wildman–Crippen LogP) is 5.52. The number of carbonyl (C=O) groups is 1. The standard InChI is InChI=1S/C22H22ClNO4/c1-3-14(2)27-17-6-4-5-15(11-17)22(26)24-16-7-9-20(23)19(12-16)21-10-8-18(13-25)28-21/h4-12,14,25H,3,13H2,1-2H3,(H,24,26)/t14-/m0/s1. The molecular weight excluding hydrogens is 378 g/mol. The van der Waals surface area contributed by atoms with Crippen molar-refractivity contribution in [2.75, 3.05) is 5.32 Å². The maximum absolute atomic E-state index is 12.6. The fourth-order valence-corrected chi connectivity index (χ4v) is 2.84. The molecule has 0 aliphatic rings. The summed E-state index contributed by atoms with van der Waals surface area (Å²) in [5.74, 6) is 1.37. The van der Waals surface area contributed by atoms with Crippen LogP contribution in [0, 0.1) is 0 Å². The summed E-state index contributed by atoms with van der Waals surface area (Å²) in [4.78, 5) is 12.6. The van der Waals surface area contributed by atoms with E-state index in [4.69, 9.17) is 25.9 Å². The van der Waals surface area contributed by atoms with Crippen LogP contribution in [0.15, 0.2) is 59.0 Å². The van der Waals surface area contributed by atoms with Crippen LogP contribution >= 0.6 is 11.6 Å². The summed E-state index contributed by atoms with van der Waals surface area (Å²) in [5.41, 5.74) is 1.71. The molecule has 2 N–H and O–H groups in total. The van der Waals surface area contributed by atoms with E-state index in [0.717, 1.165) is 6.42 Å². The van der Waals surface area contributed by atoms with E-state index >= 15 is 0 Å². The van der Waals surface area contributed by atoms with Gasteiger partial charge >= 0.3 is 0 Å². The van der Waals surface area contributed by atoms with E-state index in [9.17, 15) is 4.79 Å². The molecule has 1 atom stereocenters. The normalized spacial score (nSPS) is 11.9. The molecule has 1 amide bonds. The molecule has 0 aliphatic carbocycles. The highest BCUT2D eigenvalue weighted by atomic mass is 35.5. The topological polar surface area (TPSA) is 71.7 Å². The molecule has 0 aliphatic heterocycles. The van der Waals surface area contributed by atoms with Gasteiger partial charge in [-0.05, 0) is 61.9 Å². The average molecular weight is 400 g/mol. The molecule has 3 aromatic rings. The smallest absolute Gasteiger partial charge is 0.255 e. The van der Waals surface area contributed by atoms with Crippen LogP contribution < -0.4 is 10.1 Å². The fourth-order valence-electron chi connectivity index (χ4n) is 2.63. The highest BCUT2D eigenvalue weighted by Gasteiger charge is 2.13. The fraction of sp³-hybridized carbons (Fsp3) is 0.227. The van der Waals surface area contributed by atoms with Crippen molar-refractivity contribution in [3.63, 3.8) is 0 Å². The summed E-state index contributed by atoms with van der Waals surface area (Å²) in [7, 11) is 0. The van der Waals surface area contributed by atoms with Gasteiger partial charge in [-0.15, -0.1) is 0 Å². The van der Waals surface area contributed by atoms with Gasteiger partial charge in [-0.2, -0.15) is 0 Å². The van der Waals surface area contributed by atoms with Crippen LogP contribution in [-0.4, -0.2) is 17.1 Å². The Morgan fingerprint density at radius 2 is 2.04 bits per heavy atom. The number of hydrogen-bond donors (Lipinski definition) is 2. The lowest BCUT2D eigenvalue weighted by Crippen LogP contribution is -2.13. The zero-order chi connectivity index (χ0) is 20.1. The van der Waals surface area contributed by atoms with Gasteiger partial charge in [0.1, 0.15) is 23.9 Å². The van der Waals surface area contributed by atoms with Gasteiger partial charge in [-0.1, -0.05) is 24.6 Å². The number of carbonyl (C=O) groups excluding carboxylic acids is 1. The molecule has 3 rings (SSSR count). The first kappa shape index (κ1) is 20.0. The zero-order valence-corrected chi connectivity index (χ0v) is 16.5. The Morgan fingerprint density at radius 1 is 1.21 bits per heavy atom. The first-order valence-corrected chi connectivity index (χ1v) is 9.45. The van der Waals surface area contributed by atoms with Gasteiger partial charge in [0, 0.05) is 16.8 Å². The van der Waals surface area contributed by atoms with Crippen LogP contribution in [0.1, 0.15) is 36.4 Å². The third kappa shape index (κ3) is 4.74. The molecule has 146 valence electrons. The summed E-state index contributed by atoms with van der Waals surface area (Å²) in [6, 6.07) is 15.6. The van der Waals surface area contributed by atoms with Crippen LogP contribution in [0.4, 0.5) is 5.69 Å². The lowest BCUT2D eigenvalue weighted by atomic mass is 10.1. The summed E-state index contributed by atoms with van der Waals surface area (Å²) in [5, 5.41) is 12.5. The largest absolute Gasteiger partial charge is 0.491 e. The number of ether oxygens (including phenoxy) is 1. The number of aliphatic hydroxyl groups is 1. The summed E-state index contributed by atoms with van der Waals surface area (Å²) >= 11 is 6.27. The molecule has 0 saturated heterocycles. The van der Waals surface area contributed by atoms with Crippen LogP contribution in [0.3, 0.4) is 0 Å². The molecular formula is C22H22ClNO4. The molecule has 0 spiro atoms. The third-order valence-electron chi connectivity index (χ3n) is 4.32. The molecule has 1 heterocycles. The number of aliphatic hydroxyl groups excluding tert-OH is 1. The summed E-state index contributed by atoms with van der Waals surface area (Å²) in [6.07, 6.45) is 0.962. The minimum absolute atomic E-state index is 0.0780. The lowest BCUT2D eigenvalue weighted by molar-refractivity contribution is 0.102. The van der Waals surface area contributed by atoms with Gasteiger partial charge in [0.25, 0.3) is 5.91 Å². The second-order valence-electron chi connectivity index (χ2n) is 6.44. The van der Waals surface area contributed by atoms with E-state index in [1.54, 1.807) is 48.5 Å². The van der Waals surface area contributed by atoms with Crippen molar-refractivity contribution in [3.8, 4) is 17.1 Å². The Kier molecular flexibility index (Phi) is 6.39. The van der Waals surface area contributed by atoms with Crippen molar-refractivity contribution in [2.24, 2.45) is 0 Å². The van der Waals surface area contributed by atoms with Crippen molar-refractivity contribution in [3.05, 3.63) is 70.9 Å². The second kappa shape index (κ2) is 8.95. The lowest BCUT2D eigenvalue weighted by Gasteiger charge is -2.13. The Balaban J connectivity index is 1.79. The van der Waals surface area contributed by atoms with Gasteiger partial charge in [0.15, 0.2) is 0 Å². The number of rotatable bonds is 7. The van der Waals surface area contributed by atoms with Crippen LogP contribution in [-0.2, 0) is 6.61 Å². The Morgan fingerprint density at radius 3 is 2.75 bits per heavy atom. The first-order chi connectivity index (χ1) is 13.5. The molecule has 0 fully saturated rings. The van der Waals surface area contributed by atoms with Gasteiger partial charge in [-0.3, -0.25) is 4.79 Å². The van der Waals surface area contributed by atoms with Crippen LogP contribution in [0.25, 0.3) is 11.3 Å². The Labute approximate surface area is 168 Å². The zero-order valence-electron chi connectivity index (χ0n) is 15.7. The van der Waals surface area contributed by atoms with Crippen LogP contribution in [0.5, 0.6) is 5.75 Å². The minimum Gasteiger partial charge on any atom is -0.491 e. The number of anilines is 1.